The Morgan fingerprint density at radius 2 is 1.88 bits per heavy atom. The van der Waals surface area contributed by atoms with E-state index in [0.29, 0.717) is 36.4 Å². The molecule has 8 heteroatoms. The standard InChI is InChI=1S/C24H25N5O3/c1-17-8-10-19(11-9-17)15-28-16-26-22-21(24(28)31)14-27-29(22)13-12-25-23(30)18(2)32-20-6-4-3-5-7-20/h3-11,14,16,18H,12-13,15H2,1-2H3,(H,25,30). The number of benzene rings is 2. The van der Waals surface area contributed by atoms with Crippen molar-refractivity contribution in [1.29, 1.82) is 0 Å². The number of hydrogen-bond donors (Lipinski definition) is 1. The number of carbonyl (C=O) groups excluding carboxylic acids is 1. The number of ether oxygens (including phenoxy) is 1. The van der Waals surface area contributed by atoms with Crippen molar-refractivity contribution in [2.45, 2.75) is 33.0 Å². The Hall–Kier alpha value is -3.94. The molecule has 0 bridgehead atoms. The second kappa shape index (κ2) is 9.47. The minimum absolute atomic E-state index is 0.143. The predicted molar refractivity (Wildman–Crippen MR) is 122 cm³/mol. The highest BCUT2D eigenvalue weighted by atomic mass is 16.5. The lowest BCUT2D eigenvalue weighted by molar-refractivity contribution is -0.127. The zero-order chi connectivity index (χ0) is 22.5. The van der Waals surface area contributed by atoms with E-state index in [4.69, 9.17) is 4.74 Å². The smallest absolute Gasteiger partial charge is 0.264 e. The van der Waals surface area contributed by atoms with Crippen molar-refractivity contribution in [3.05, 3.63) is 88.6 Å². The van der Waals surface area contributed by atoms with Crippen molar-refractivity contribution in [2.75, 3.05) is 6.54 Å². The number of carbonyl (C=O) groups is 1. The SMILES string of the molecule is Cc1ccc(Cn2cnc3c(cnn3CCNC(=O)C(C)Oc3ccccc3)c2=O)cc1. The quantitative estimate of drug-likeness (QED) is 0.463. The van der Waals surface area contributed by atoms with Crippen LogP contribution < -0.4 is 15.6 Å². The number of nitrogens with zero attached hydrogens (tertiary/aromatic N) is 4. The molecule has 1 N–H and O–H groups in total. The number of hydrogen-bond acceptors (Lipinski definition) is 5. The Kier molecular flexibility index (Phi) is 6.30. The van der Waals surface area contributed by atoms with Gasteiger partial charge in [0.05, 0.1) is 19.3 Å². The summed E-state index contributed by atoms with van der Waals surface area (Å²) in [6.45, 7) is 4.90. The number of rotatable bonds is 8. The van der Waals surface area contributed by atoms with Crippen molar-refractivity contribution < 1.29 is 9.53 Å². The lowest BCUT2D eigenvalue weighted by Gasteiger charge is -2.14. The molecule has 1 amide bonds. The van der Waals surface area contributed by atoms with Gasteiger partial charge in [-0.05, 0) is 31.5 Å². The van der Waals surface area contributed by atoms with E-state index in [-0.39, 0.29) is 11.5 Å². The minimum Gasteiger partial charge on any atom is -0.481 e. The zero-order valence-electron chi connectivity index (χ0n) is 18.1. The average Bonchev–Trinajstić information content (AvgIpc) is 3.21. The fourth-order valence-corrected chi connectivity index (χ4v) is 3.35. The normalized spacial score (nSPS) is 11.9. The summed E-state index contributed by atoms with van der Waals surface area (Å²) in [5.41, 5.74) is 2.55. The molecular weight excluding hydrogens is 406 g/mol. The van der Waals surface area contributed by atoms with Crippen molar-refractivity contribution in [3.63, 3.8) is 0 Å². The maximum atomic E-state index is 12.8. The first-order valence-electron chi connectivity index (χ1n) is 10.5. The van der Waals surface area contributed by atoms with Gasteiger partial charge >= 0.3 is 0 Å². The van der Waals surface area contributed by atoms with E-state index in [1.807, 2.05) is 49.4 Å². The van der Waals surface area contributed by atoms with E-state index < -0.39 is 6.10 Å². The Balaban J connectivity index is 1.37. The van der Waals surface area contributed by atoms with Crippen LogP contribution in [0.2, 0.25) is 0 Å². The van der Waals surface area contributed by atoms with E-state index >= 15 is 0 Å². The molecule has 0 saturated carbocycles. The number of para-hydroxylation sites is 1. The van der Waals surface area contributed by atoms with Crippen LogP contribution >= 0.6 is 0 Å². The van der Waals surface area contributed by atoms with Crippen LogP contribution in [0.15, 0.2) is 71.9 Å². The molecule has 32 heavy (non-hydrogen) atoms. The number of aryl methyl sites for hydroxylation is 1. The third kappa shape index (κ3) is 4.85. The monoisotopic (exact) mass is 431 g/mol. The van der Waals surface area contributed by atoms with E-state index in [0.717, 1.165) is 5.56 Å². The number of amides is 1. The maximum Gasteiger partial charge on any atom is 0.264 e. The highest BCUT2D eigenvalue weighted by Gasteiger charge is 2.15. The molecule has 2 aromatic carbocycles. The molecule has 0 saturated heterocycles. The first-order chi connectivity index (χ1) is 15.5. The highest BCUT2D eigenvalue weighted by Crippen LogP contribution is 2.11. The van der Waals surface area contributed by atoms with E-state index in [1.54, 1.807) is 28.3 Å². The van der Waals surface area contributed by atoms with Crippen LogP contribution in [0, 0.1) is 6.92 Å². The summed E-state index contributed by atoms with van der Waals surface area (Å²) in [4.78, 5) is 29.6. The number of aromatic nitrogens is 4. The number of nitrogens with one attached hydrogen (secondary N) is 1. The predicted octanol–water partition coefficient (Wildman–Crippen LogP) is 2.53. The molecule has 4 aromatic rings. The molecule has 0 aliphatic carbocycles. The molecule has 0 aliphatic rings. The third-order valence-corrected chi connectivity index (χ3v) is 5.14. The second-order valence-electron chi connectivity index (χ2n) is 7.63. The Morgan fingerprint density at radius 1 is 1.12 bits per heavy atom. The summed E-state index contributed by atoms with van der Waals surface area (Å²) >= 11 is 0. The van der Waals surface area contributed by atoms with Gasteiger partial charge in [-0.25, -0.2) is 9.67 Å². The topological polar surface area (TPSA) is 91.0 Å². The summed E-state index contributed by atoms with van der Waals surface area (Å²) in [5.74, 6) is 0.415. The van der Waals surface area contributed by atoms with Gasteiger partial charge in [0, 0.05) is 6.54 Å². The van der Waals surface area contributed by atoms with Crippen LogP contribution in [0.3, 0.4) is 0 Å². The van der Waals surface area contributed by atoms with Crippen molar-refractivity contribution >= 4 is 16.9 Å². The summed E-state index contributed by atoms with van der Waals surface area (Å²) in [5, 5.41) is 7.57. The fourth-order valence-electron chi connectivity index (χ4n) is 3.35. The van der Waals surface area contributed by atoms with Crippen LogP contribution in [-0.4, -0.2) is 37.9 Å². The fraction of sp³-hybridized carbons (Fsp3) is 0.250. The van der Waals surface area contributed by atoms with E-state index in [2.05, 4.69) is 15.4 Å². The number of fused-ring (bicyclic) bond motifs is 1. The zero-order valence-corrected chi connectivity index (χ0v) is 18.1. The summed E-state index contributed by atoms with van der Waals surface area (Å²) in [7, 11) is 0. The molecule has 0 spiro atoms. The summed E-state index contributed by atoms with van der Waals surface area (Å²) in [6, 6.07) is 17.2. The molecule has 0 aliphatic heterocycles. The van der Waals surface area contributed by atoms with Crippen LogP contribution in [0.4, 0.5) is 0 Å². The van der Waals surface area contributed by atoms with Gasteiger partial charge in [-0.3, -0.25) is 14.2 Å². The Labute approximate surface area is 185 Å². The third-order valence-electron chi connectivity index (χ3n) is 5.14. The Morgan fingerprint density at radius 3 is 2.62 bits per heavy atom. The van der Waals surface area contributed by atoms with Crippen molar-refractivity contribution in [3.8, 4) is 5.75 Å². The molecule has 4 rings (SSSR count). The lowest BCUT2D eigenvalue weighted by Crippen LogP contribution is -2.38. The molecular formula is C24H25N5O3. The molecule has 2 heterocycles. The molecule has 2 aromatic heterocycles. The molecule has 1 atom stereocenters. The van der Waals surface area contributed by atoms with Gasteiger partial charge in [-0.1, -0.05) is 48.0 Å². The molecule has 1 unspecified atom stereocenters. The molecule has 8 nitrogen and oxygen atoms in total. The van der Waals surface area contributed by atoms with E-state index in [9.17, 15) is 9.59 Å². The lowest BCUT2D eigenvalue weighted by atomic mass is 10.1. The first-order valence-corrected chi connectivity index (χ1v) is 10.5. The van der Waals surface area contributed by atoms with Crippen molar-refractivity contribution in [1.82, 2.24) is 24.6 Å². The van der Waals surface area contributed by atoms with E-state index in [1.165, 1.54) is 18.1 Å². The first kappa shape index (κ1) is 21.3. The van der Waals surface area contributed by atoms with Gasteiger partial charge in [0.25, 0.3) is 11.5 Å². The second-order valence-corrected chi connectivity index (χ2v) is 7.63. The van der Waals surface area contributed by atoms with Gasteiger partial charge in [0.1, 0.15) is 17.5 Å². The van der Waals surface area contributed by atoms with Crippen LogP contribution in [0.5, 0.6) is 5.75 Å². The molecule has 0 radical (unpaired) electrons. The minimum atomic E-state index is -0.626. The van der Waals surface area contributed by atoms with Gasteiger partial charge < -0.3 is 10.1 Å². The van der Waals surface area contributed by atoms with Crippen LogP contribution in [0.1, 0.15) is 18.1 Å². The molecule has 0 fully saturated rings. The summed E-state index contributed by atoms with van der Waals surface area (Å²) < 4.78 is 8.82. The summed E-state index contributed by atoms with van der Waals surface area (Å²) in [6.07, 6.45) is 2.44. The van der Waals surface area contributed by atoms with Crippen LogP contribution in [0.25, 0.3) is 11.0 Å². The van der Waals surface area contributed by atoms with Gasteiger partial charge in [0.15, 0.2) is 11.8 Å². The van der Waals surface area contributed by atoms with Gasteiger partial charge in [0.2, 0.25) is 0 Å². The van der Waals surface area contributed by atoms with Gasteiger partial charge in [-0.15, -0.1) is 0 Å². The average molecular weight is 431 g/mol. The largest absolute Gasteiger partial charge is 0.481 e. The van der Waals surface area contributed by atoms with Gasteiger partial charge in [-0.2, -0.15) is 5.10 Å². The van der Waals surface area contributed by atoms with Crippen LogP contribution in [-0.2, 0) is 17.9 Å². The molecule has 164 valence electrons. The highest BCUT2D eigenvalue weighted by molar-refractivity contribution is 5.80. The van der Waals surface area contributed by atoms with Crippen molar-refractivity contribution in [2.24, 2.45) is 0 Å². The Bertz CT molecular complexity index is 1260. The maximum absolute atomic E-state index is 12.8.